The fourth-order valence-corrected chi connectivity index (χ4v) is 3.28. The lowest BCUT2D eigenvalue weighted by Crippen LogP contribution is -2.46. The van der Waals surface area contributed by atoms with Crippen LogP contribution in [-0.2, 0) is 19.6 Å². The fraction of sp³-hybridized carbons (Fsp3) is 0.462. The molecule has 1 aromatic rings. The van der Waals surface area contributed by atoms with E-state index < -0.39 is 16.1 Å². The monoisotopic (exact) mass is 298 g/mol. The second kappa shape index (κ2) is 5.80. The van der Waals surface area contributed by atoms with Crippen molar-refractivity contribution >= 4 is 21.7 Å². The smallest absolute Gasteiger partial charge is 0.328 e. The van der Waals surface area contributed by atoms with E-state index in [1.54, 1.807) is 23.1 Å². The number of ether oxygens (including phenoxy) is 1. The van der Waals surface area contributed by atoms with Crippen molar-refractivity contribution in [2.75, 3.05) is 18.6 Å². The quantitative estimate of drug-likeness (QED) is 0.836. The first-order valence-corrected chi connectivity index (χ1v) is 7.96. The predicted molar refractivity (Wildman–Crippen MR) is 74.8 cm³/mol. The van der Waals surface area contributed by atoms with Crippen LogP contribution >= 0.6 is 0 Å². The Hall–Kier alpha value is -1.60. The summed E-state index contributed by atoms with van der Waals surface area (Å²) >= 11 is 0. The van der Waals surface area contributed by atoms with Crippen LogP contribution in [0.25, 0.3) is 0 Å². The number of esters is 1. The topological polar surface area (TPSA) is 89.7 Å². The molecule has 1 atom stereocenters. The number of methoxy groups -OCH3 is 1. The van der Waals surface area contributed by atoms with Gasteiger partial charge in [0.2, 0.25) is 10.0 Å². The zero-order chi connectivity index (χ0) is 14.8. The normalized spacial score (nSPS) is 19.7. The van der Waals surface area contributed by atoms with Crippen molar-refractivity contribution in [1.82, 2.24) is 0 Å². The zero-order valence-corrected chi connectivity index (χ0v) is 12.1. The molecule has 1 heterocycles. The molecule has 0 radical (unpaired) electrons. The van der Waals surface area contributed by atoms with Crippen LogP contribution in [0.5, 0.6) is 0 Å². The van der Waals surface area contributed by atoms with Gasteiger partial charge in [-0.05, 0) is 31.4 Å². The average molecular weight is 298 g/mol. The van der Waals surface area contributed by atoms with Gasteiger partial charge in [0, 0.05) is 6.54 Å². The van der Waals surface area contributed by atoms with E-state index in [2.05, 4.69) is 0 Å². The Kier molecular flexibility index (Phi) is 4.29. The van der Waals surface area contributed by atoms with Crippen molar-refractivity contribution in [2.45, 2.75) is 30.2 Å². The van der Waals surface area contributed by atoms with E-state index in [-0.39, 0.29) is 10.9 Å². The first-order chi connectivity index (χ1) is 9.45. The number of carbonyl (C=O) groups excluding carboxylic acids is 1. The van der Waals surface area contributed by atoms with Crippen LogP contribution in [0.15, 0.2) is 29.2 Å². The van der Waals surface area contributed by atoms with Gasteiger partial charge in [-0.2, -0.15) is 0 Å². The van der Waals surface area contributed by atoms with Crippen LogP contribution in [0.1, 0.15) is 19.3 Å². The van der Waals surface area contributed by atoms with Crippen LogP contribution in [0, 0.1) is 0 Å². The summed E-state index contributed by atoms with van der Waals surface area (Å²) in [5, 5.41) is 5.25. The van der Waals surface area contributed by atoms with Gasteiger partial charge in [-0.3, -0.25) is 0 Å². The number of nitrogens with two attached hydrogens (primary N) is 1. The van der Waals surface area contributed by atoms with Gasteiger partial charge in [-0.1, -0.05) is 12.1 Å². The van der Waals surface area contributed by atoms with Crippen molar-refractivity contribution in [3.63, 3.8) is 0 Å². The molecule has 1 unspecified atom stereocenters. The van der Waals surface area contributed by atoms with E-state index >= 15 is 0 Å². The maximum Gasteiger partial charge on any atom is 0.328 e. The molecule has 7 heteroatoms. The number of para-hydroxylation sites is 1. The van der Waals surface area contributed by atoms with Crippen molar-refractivity contribution in [2.24, 2.45) is 5.14 Å². The Morgan fingerprint density at radius 3 is 2.70 bits per heavy atom. The Labute approximate surface area is 118 Å². The van der Waals surface area contributed by atoms with E-state index in [1.165, 1.54) is 13.2 Å². The van der Waals surface area contributed by atoms with Crippen LogP contribution in [0.2, 0.25) is 0 Å². The summed E-state index contributed by atoms with van der Waals surface area (Å²) in [5.74, 6) is -0.353. The number of hydrogen-bond donors (Lipinski definition) is 1. The molecule has 1 fully saturated rings. The maximum atomic E-state index is 11.9. The zero-order valence-electron chi connectivity index (χ0n) is 11.3. The third-order valence-corrected chi connectivity index (χ3v) is 4.42. The van der Waals surface area contributed by atoms with Crippen molar-refractivity contribution in [1.29, 1.82) is 0 Å². The lowest BCUT2D eigenvalue weighted by Gasteiger charge is -2.36. The number of benzene rings is 1. The summed E-state index contributed by atoms with van der Waals surface area (Å²) in [6, 6.07) is 6.00. The highest BCUT2D eigenvalue weighted by atomic mass is 32.2. The Morgan fingerprint density at radius 2 is 2.05 bits per heavy atom. The second-order valence-corrected chi connectivity index (χ2v) is 6.27. The largest absolute Gasteiger partial charge is 0.467 e. The standard InChI is InChI=1S/C13H18N2O4S/c1-19-13(16)11-7-4-5-9-15(11)10-6-2-3-8-12(10)20(14,17)18/h2-3,6,8,11H,4-5,7,9H2,1H3,(H2,14,17,18). The summed E-state index contributed by atoms with van der Waals surface area (Å²) in [6.45, 7) is 0.603. The molecule has 0 aromatic heterocycles. The van der Waals surface area contributed by atoms with E-state index in [4.69, 9.17) is 9.88 Å². The van der Waals surface area contributed by atoms with Crippen LogP contribution < -0.4 is 10.0 Å². The molecule has 6 nitrogen and oxygen atoms in total. The van der Waals surface area contributed by atoms with Crippen molar-refractivity contribution in [3.05, 3.63) is 24.3 Å². The van der Waals surface area contributed by atoms with Gasteiger partial charge in [-0.15, -0.1) is 0 Å². The average Bonchev–Trinajstić information content (AvgIpc) is 2.45. The SMILES string of the molecule is COC(=O)C1CCCCN1c1ccccc1S(N)(=O)=O. The Balaban J connectivity index is 2.46. The van der Waals surface area contributed by atoms with Crippen molar-refractivity contribution < 1.29 is 17.9 Å². The highest BCUT2D eigenvalue weighted by Gasteiger charge is 2.32. The molecule has 1 saturated heterocycles. The first-order valence-electron chi connectivity index (χ1n) is 6.41. The van der Waals surface area contributed by atoms with E-state index in [9.17, 15) is 13.2 Å². The molecule has 110 valence electrons. The number of rotatable bonds is 3. The number of primary sulfonamides is 1. The van der Waals surface area contributed by atoms with Crippen LogP contribution in [0.3, 0.4) is 0 Å². The third kappa shape index (κ3) is 2.94. The lowest BCUT2D eigenvalue weighted by atomic mass is 10.0. The number of sulfonamides is 1. The van der Waals surface area contributed by atoms with Crippen LogP contribution in [0.4, 0.5) is 5.69 Å². The molecular weight excluding hydrogens is 280 g/mol. The number of piperidine rings is 1. The molecule has 1 aromatic carbocycles. The van der Waals surface area contributed by atoms with Gasteiger partial charge in [0.25, 0.3) is 0 Å². The molecule has 0 amide bonds. The summed E-state index contributed by atoms with van der Waals surface area (Å²) in [4.78, 5) is 13.7. The minimum atomic E-state index is -3.83. The summed E-state index contributed by atoms with van der Waals surface area (Å²) < 4.78 is 28.2. The highest BCUT2D eigenvalue weighted by molar-refractivity contribution is 7.89. The molecule has 2 rings (SSSR count). The first kappa shape index (κ1) is 14.8. The molecule has 20 heavy (non-hydrogen) atoms. The molecule has 1 aliphatic heterocycles. The van der Waals surface area contributed by atoms with E-state index in [1.807, 2.05) is 0 Å². The molecule has 0 bridgehead atoms. The number of carbonyl (C=O) groups is 1. The molecule has 0 spiro atoms. The van der Waals surface area contributed by atoms with Gasteiger partial charge in [0.1, 0.15) is 10.9 Å². The lowest BCUT2D eigenvalue weighted by molar-refractivity contribution is -0.142. The van der Waals surface area contributed by atoms with Gasteiger partial charge < -0.3 is 9.64 Å². The van der Waals surface area contributed by atoms with Gasteiger partial charge >= 0.3 is 5.97 Å². The van der Waals surface area contributed by atoms with Gasteiger partial charge in [0.05, 0.1) is 12.8 Å². The predicted octanol–water partition coefficient (Wildman–Crippen LogP) is 0.866. The Bertz CT molecular complexity index is 600. The molecule has 1 aliphatic rings. The molecule has 0 aliphatic carbocycles. The molecule has 0 saturated carbocycles. The molecule has 2 N–H and O–H groups in total. The number of nitrogens with zero attached hydrogens (tertiary/aromatic N) is 1. The Morgan fingerprint density at radius 1 is 1.35 bits per heavy atom. The summed E-state index contributed by atoms with van der Waals surface area (Å²) in [5.41, 5.74) is 0.463. The van der Waals surface area contributed by atoms with Crippen molar-refractivity contribution in [3.8, 4) is 0 Å². The van der Waals surface area contributed by atoms with E-state index in [0.717, 1.165) is 12.8 Å². The fourth-order valence-electron chi connectivity index (χ4n) is 2.54. The van der Waals surface area contributed by atoms with E-state index in [0.29, 0.717) is 18.7 Å². The number of hydrogen-bond acceptors (Lipinski definition) is 5. The van der Waals surface area contributed by atoms with Gasteiger partial charge in [0.15, 0.2) is 0 Å². The molecular formula is C13H18N2O4S. The minimum Gasteiger partial charge on any atom is -0.467 e. The summed E-state index contributed by atoms with van der Waals surface area (Å²) in [7, 11) is -2.50. The summed E-state index contributed by atoms with van der Waals surface area (Å²) in [6.07, 6.45) is 2.45. The van der Waals surface area contributed by atoms with Crippen LogP contribution in [-0.4, -0.2) is 34.1 Å². The third-order valence-electron chi connectivity index (χ3n) is 3.46. The minimum absolute atomic E-state index is 0.0378. The number of anilines is 1. The van der Waals surface area contributed by atoms with Gasteiger partial charge in [-0.25, -0.2) is 18.4 Å². The second-order valence-electron chi connectivity index (χ2n) is 4.74. The highest BCUT2D eigenvalue weighted by Crippen LogP contribution is 2.30. The maximum absolute atomic E-state index is 11.9.